The van der Waals surface area contributed by atoms with E-state index in [0.717, 1.165) is 57.8 Å². The molecule has 2 fully saturated rings. The summed E-state index contributed by atoms with van der Waals surface area (Å²) in [5.41, 5.74) is 4.34. The van der Waals surface area contributed by atoms with Gasteiger partial charge in [-0.25, -0.2) is 0 Å². The number of nitrogens with two attached hydrogens (primary N) is 1. The van der Waals surface area contributed by atoms with Gasteiger partial charge in [0.1, 0.15) is 5.60 Å². The Morgan fingerprint density at radius 1 is 1.07 bits per heavy atom. The van der Waals surface area contributed by atoms with Gasteiger partial charge in [-0.05, 0) is 59.3 Å². The molecule has 0 spiro atoms. The van der Waals surface area contributed by atoms with Crippen LogP contribution in [0.4, 0.5) is 0 Å². The number of esters is 2. The summed E-state index contributed by atoms with van der Waals surface area (Å²) in [5.74, 6) is -0.865. The molecular formula is C22H37NO4. The molecule has 2 aliphatic carbocycles. The molecular weight excluding hydrogens is 342 g/mol. The number of rotatable bonds is 7. The van der Waals surface area contributed by atoms with Crippen molar-refractivity contribution in [2.24, 2.45) is 17.1 Å². The van der Waals surface area contributed by atoms with E-state index in [9.17, 15) is 9.59 Å². The molecule has 0 aromatic rings. The third-order valence-electron chi connectivity index (χ3n) is 5.82. The molecule has 1 atom stereocenters. The monoisotopic (exact) mass is 379 g/mol. The van der Waals surface area contributed by atoms with Crippen molar-refractivity contribution >= 4 is 11.9 Å². The summed E-state index contributed by atoms with van der Waals surface area (Å²) in [6.07, 6.45) is 10.7. The predicted octanol–water partition coefficient (Wildman–Crippen LogP) is 4.63. The maximum Gasteiger partial charge on any atom is 0.313 e. The van der Waals surface area contributed by atoms with E-state index in [-0.39, 0.29) is 17.9 Å². The number of hydrogen-bond donors (Lipinski definition) is 1. The van der Waals surface area contributed by atoms with Gasteiger partial charge >= 0.3 is 11.9 Å². The highest BCUT2D eigenvalue weighted by Crippen LogP contribution is 2.46. The zero-order valence-corrected chi connectivity index (χ0v) is 17.4. The van der Waals surface area contributed by atoms with Crippen molar-refractivity contribution in [2.45, 2.75) is 103 Å². The van der Waals surface area contributed by atoms with Gasteiger partial charge in [-0.1, -0.05) is 25.3 Å². The molecule has 27 heavy (non-hydrogen) atoms. The number of hydrogen-bond acceptors (Lipinski definition) is 5. The summed E-state index contributed by atoms with van der Waals surface area (Å²) in [7, 11) is 0. The van der Waals surface area contributed by atoms with Crippen LogP contribution in [0.3, 0.4) is 0 Å². The van der Waals surface area contributed by atoms with Crippen LogP contribution in [-0.2, 0) is 19.1 Å². The van der Waals surface area contributed by atoms with Crippen LogP contribution in [0.25, 0.3) is 0 Å². The zero-order valence-electron chi connectivity index (χ0n) is 17.4. The Labute approximate surface area is 164 Å². The predicted molar refractivity (Wildman–Crippen MR) is 106 cm³/mol. The largest absolute Gasteiger partial charge is 0.460 e. The van der Waals surface area contributed by atoms with Crippen LogP contribution in [0.1, 0.15) is 91.4 Å². The molecule has 5 nitrogen and oxygen atoms in total. The van der Waals surface area contributed by atoms with Crippen molar-refractivity contribution in [3.63, 3.8) is 0 Å². The van der Waals surface area contributed by atoms with E-state index < -0.39 is 16.7 Å². The highest BCUT2D eigenvalue weighted by molar-refractivity contribution is 5.80. The van der Waals surface area contributed by atoms with E-state index in [4.69, 9.17) is 15.2 Å². The molecule has 2 N–H and O–H groups in total. The first kappa shape index (κ1) is 21.9. The van der Waals surface area contributed by atoms with Gasteiger partial charge < -0.3 is 9.47 Å². The van der Waals surface area contributed by atoms with Gasteiger partial charge in [0, 0.05) is 12.8 Å². The van der Waals surface area contributed by atoms with Gasteiger partial charge in [0.05, 0.1) is 11.3 Å². The second-order valence-electron chi connectivity index (χ2n) is 9.46. The summed E-state index contributed by atoms with van der Waals surface area (Å²) in [6, 6.07) is 0. The van der Waals surface area contributed by atoms with Crippen molar-refractivity contribution in [3.05, 3.63) is 12.7 Å². The van der Waals surface area contributed by atoms with Crippen molar-refractivity contribution in [2.75, 3.05) is 0 Å². The Bertz CT molecular complexity index is 537. The molecule has 0 aromatic carbocycles. The molecule has 0 aliphatic heterocycles. The summed E-state index contributed by atoms with van der Waals surface area (Å²) >= 11 is 0. The standard InChI is InChI=1S/C22H37NO4/c1-5-11-17(18(24)26-20(2,3)4)16-21(12-9-10-13-21)19(25)27-22(23)14-7-6-8-15-22/h5,17H,1,6-16,23H2,2-4H3. The van der Waals surface area contributed by atoms with Gasteiger partial charge in [-0.15, -0.1) is 6.58 Å². The van der Waals surface area contributed by atoms with E-state index in [1.807, 2.05) is 20.8 Å². The summed E-state index contributed by atoms with van der Waals surface area (Å²) in [5, 5.41) is 0. The van der Waals surface area contributed by atoms with Gasteiger partial charge in [0.25, 0.3) is 0 Å². The highest BCUT2D eigenvalue weighted by atomic mass is 16.6. The van der Waals surface area contributed by atoms with E-state index in [2.05, 4.69) is 6.58 Å². The average Bonchev–Trinajstić information content (AvgIpc) is 3.03. The van der Waals surface area contributed by atoms with Gasteiger partial charge in [0.2, 0.25) is 0 Å². The Balaban J connectivity index is 2.14. The van der Waals surface area contributed by atoms with Gasteiger partial charge in [-0.3, -0.25) is 15.3 Å². The fourth-order valence-electron chi connectivity index (χ4n) is 4.41. The van der Waals surface area contributed by atoms with E-state index >= 15 is 0 Å². The molecule has 2 aliphatic rings. The summed E-state index contributed by atoms with van der Waals surface area (Å²) in [4.78, 5) is 25.9. The van der Waals surface area contributed by atoms with Crippen molar-refractivity contribution in [1.29, 1.82) is 0 Å². The van der Waals surface area contributed by atoms with E-state index in [1.165, 1.54) is 0 Å². The topological polar surface area (TPSA) is 78.6 Å². The van der Waals surface area contributed by atoms with Crippen LogP contribution in [-0.4, -0.2) is 23.3 Å². The molecule has 0 amide bonds. The summed E-state index contributed by atoms with van der Waals surface area (Å²) in [6.45, 7) is 9.36. The van der Waals surface area contributed by atoms with Crippen LogP contribution >= 0.6 is 0 Å². The van der Waals surface area contributed by atoms with Crippen molar-refractivity contribution < 1.29 is 19.1 Å². The number of carbonyl (C=O) groups excluding carboxylic acids is 2. The molecule has 1 unspecified atom stereocenters. The van der Waals surface area contributed by atoms with E-state index in [0.29, 0.717) is 12.8 Å². The number of allylic oxidation sites excluding steroid dienone is 1. The molecule has 0 saturated heterocycles. The lowest BCUT2D eigenvalue weighted by molar-refractivity contribution is -0.178. The van der Waals surface area contributed by atoms with E-state index in [1.54, 1.807) is 6.08 Å². The fourth-order valence-corrected chi connectivity index (χ4v) is 4.41. The molecule has 0 bridgehead atoms. The normalized spacial score (nSPS) is 22.7. The molecule has 5 heteroatoms. The maximum atomic E-state index is 13.2. The third kappa shape index (κ3) is 6.06. The first-order valence-electron chi connectivity index (χ1n) is 10.5. The smallest absolute Gasteiger partial charge is 0.313 e. The SMILES string of the molecule is C=CCC(CC1(C(=O)OC2(N)CCCCC2)CCCC1)C(=O)OC(C)(C)C. The Hall–Kier alpha value is -1.36. The second kappa shape index (κ2) is 8.76. The molecule has 0 aromatic heterocycles. The lowest BCUT2D eigenvalue weighted by Crippen LogP contribution is -2.49. The maximum absolute atomic E-state index is 13.2. The Morgan fingerprint density at radius 3 is 2.15 bits per heavy atom. The second-order valence-corrected chi connectivity index (χ2v) is 9.46. The highest BCUT2D eigenvalue weighted by Gasteiger charge is 2.48. The zero-order chi connectivity index (χ0) is 20.1. The Morgan fingerprint density at radius 2 is 1.63 bits per heavy atom. The Kier molecular flexibility index (Phi) is 7.12. The average molecular weight is 380 g/mol. The molecule has 2 rings (SSSR count). The van der Waals surface area contributed by atoms with Crippen LogP contribution in [0.5, 0.6) is 0 Å². The third-order valence-corrected chi connectivity index (χ3v) is 5.82. The van der Waals surface area contributed by atoms with Gasteiger partial charge in [-0.2, -0.15) is 0 Å². The molecule has 154 valence electrons. The number of carbonyl (C=O) groups is 2. The fraction of sp³-hybridized carbons (Fsp3) is 0.818. The minimum atomic E-state index is -0.842. The summed E-state index contributed by atoms with van der Waals surface area (Å²) < 4.78 is 11.5. The quantitative estimate of drug-likeness (QED) is 0.396. The lowest BCUT2D eigenvalue weighted by Gasteiger charge is -2.38. The molecule has 0 radical (unpaired) electrons. The number of ether oxygens (including phenoxy) is 2. The van der Waals surface area contributed by atoms with Crippen LogP contribution in [0.15, 0.2) is 12.7 Å². The van der Waals surface area contributed by atoms with Crippen molar-refractivity contribution in [3.8, 4) is 0 Å². The van der Waals surface area contributed by atoms with Crippen molar-refractivity contribution in [1.82, 2.24) is 0 Å². The first-order chi connectivity index (χ1) is 12.6. The minimum Gasteiger partial charge on any atom is -0.460 e. The van der Waals surface area contributed by atoms with Gasteiger partial charge in [0.15, 0.2) is 5.72 Å². The first-order valence-corrected chi connectivity index (χ1v) is 10.5. The lowest BCUT2D eigenvalue weighted by atomic mass is 9.76. The minimum absolute atomic E-state index is 0.220. The van der Waals surface area contributed by atoms with Crippen LogP contribution in [0, 0.1) is 11.3 Å². The van der Waals surface area contributed by atoms with Crippen LogP contribution in [0.2, 0.25) is 0 Å². The van der Waals surface area contributed by atoms with Crippen LogP contribution < -0.4 is 5.73 Å². The molecule has 2 saturated carbocycles. The molecule has 0 heterocycles.